The third-order valence-corrected chi connectivity index (χ3v) is 2.48. The van der Waals surface area contributed by atoms with Crippen LogP contribution in [0.4, 0.5) is 0 Å². The number of nitriles is 1. The molecule has 0 aliphatic carbocycles. The van der Waals surface area contributed by atoms with Crippen molar-refractivity contribution in [2.75, 3.05) is 0 Å². The molecule has 0 bridgehead atoms. The van der Waals surface area contributed by atoms with Gasteiger partial charge in [-0.1, -0.05) is 15.9 Å². The van der Waals surface area contributed by atoms with Gasteiger partial charge in [0.1, 0.15) is 0 Å². The SMILES string of the molecule is Cc1cc(C(=O)NC#N)ccc1Br. The summed E-state index contributed by atoms with van der Waals surface area (Å²) in [5, 5.41) is 10.3. The molecular weight excluding hydrogens is 232 g/mol. The molecular formula is C9H7BrN2O. The lowest BCUT2D eigenvalue weighted by Crippen LogP contribution is -2.17. The number of aryl methyl sites for hydroxylation is 1. The number of carbonyl (C=O) groups is 1. The Morgan fingerprint density at radius 2 is 2.31 bits per heavy atom. The van der Waals surface area contributed by atoms with Gasteiger partial charge in [-0.25, -0.2) is 0 Å². The van der Waals surface area contributed by atoms with Gasteiger partial charge in [0.2, 0.25) is 0 Å². The highest BCUT2D eigenvalue weighted by Crippen LogP contribution is 2.16. The van der Waals surface area contributed by atoms with E-state index in [2.05, 4.69) is 21.2 Å². The first-order valence-corrected chi connectivity index (χ1v) is 4.40. The van der Waals surface area contributed by atoms with E-state index in [1.54, 1.807) is 24.4 Å². The third kappa shape index (κ3) is 2.30. The largest absolute Gasteiger partial charge is 0.268 e. The maximum absolute atomic E-state index is 11.2. The molecule has 0 aliphatic rings. The number of nitrogens with zero attached hydrogens (tertiary/aromatic N) is 1. The Morgan fingerprint density at radius 3 is 2.85 bits per heavy atom. The van der Waals surface area contributed by atoms with Crippen LogP contribution in [0.25, 0.3) is 0 Å². The average Bonchev–Trinajstić information content (AvgIpc) is 2.10. The van der Waals surface area contributed by atoms with Crippen LogP contribution in [-0.2, 0) is 0 Å². The number of halogens is 1. The van der Waals surface area contributed by atoms with Crippen LogP contribution in [0.1, 0.15) is 15.9 Å². The molecule has 0 aliphatic heterocycles. The standard InChI is InChI=1S/C9H7BrN2O/c1-6-4-7(2-3-8(6)10)9(13)12-5-11/h2-4H,1H3,(H,12,13). The van der Waals surface area contributed by atoms with Gasteiger partial charge in [-0.05, 0) is 30.7 Å². The zero-order valence-electron chi connectivity index (χ0n) is 6.97. The van der Waals surface area contributed by atoms with Crippen LogP contribution >= 0.6 is 15.9 Å². The van der Waals surface area contributed by atoms with Crippen LogP contribution in [0, 0.1) is 18.4 Å². The lowest BCUT2D eigenvalue weighted by molar-refractivity contribution is 0.0973. The first-order chi connectivity index (χ1) is 6.15. The molecule has 3 nitrogen and oxygen atoms in total. The fraction of sp³-hybridized carbons (Fsp3) is 0.111. The molecule has 1 amide bonds. The number of hydrogen-bond donors (Lipinski definition) is 1. The highest BCUT2D eigenvalue weighted by atomic mass is 79.9. The van der Waals surface area contributed by atoms with E-state index in [-0.39, 0.29) is 5.91 Å². The topological polar surface area (TPSA) is 52.9 Å². The summed E-state index contributed by atoms with van der Waals surface area (Å²) in [5.41, 5.74) is 1.45. The van der Waals surface area contributed by atoms with Gasteiger partial charge in [-0.15, -0.1) is 0 Å². The van der Waals surface area contributed by atoms with Crippen molar-refractivity contribution >= 4 is 21.8 Å². The van der Waals surface area contributed by atoms with E-state index in [0.717, 1.165) is 10.0 Å². The molecule has 0 atom stereocenters. The molecule has 13 heavy (non-hydrogen) atoms. The molecule has 0 radical (unpaired) electrons. The molecule has 4 heteroatoms. The Hall–Kier alpha value is -1.34. The van der Waals surface area contributed by atoms with Crippen LogP contribution in [0.3, 0.4) is 0 Å². The summed E-state index contributed by atoms with van der Waals surface area (Å²) >= 11 is 3.32. The predicted molar refractivity (Wildman–Crippen MR) is 52.0 cm³/mol. The normalized spacial score (nSPS) is 9.00. The van der Waals surface area contributed by atoms with Gasteiger partial charge in [-0.2, -0.15) is 5.26 Å². The molecule has 1 aromatic carbocycles. The lowest BCUT2D eigenvalue weighted by Gasteiger charge is -2.00. The van der Waals surface area contributed by atoms with Gasteiger partial charge in [0.05, 0.1) is 0 Å². The zero-order chi connectivity index (χ0) is 9.84. The van der Waals surface area contributed by atoms with E-state index < -0.39 is 0 Å². The zero-order valence-corrected chi connectivity index (χ0v) is 8.55. The summed E-state index contributed by atoms with van der Waals surface area (Å²) in [7, 11) is 0. The fourth-order valence-electron chi connectivity index (χ4n) is 0.909. The molecule has 1 N–H and O–H groups in total. The van der Waals surface area contributed by atoms with Crippen molar-refractivity contribution in [3.8, 4) is 6.19 Å². The van der Waals surface area contributed by atoms with E-state index in [9.17, 15) is 4.79 Å². The molecule has 0 spiro atoms. The molecule has 0 saturated heterocycles. The van der Waals surface area contributed by atoms with Crippen molar-refractivity contribution in [2.45, 2.75) is 6.92 Å². The Balaban J connectivity index is 2.98. The summed E-state index contributed by atoms with van der Waals surface area (Å²) in [5.74, 6) is -0.377. The van der Waals surface area contributed by atoms with Crippen molar-refractivity contribution in [1.29, 1.82) is 5.26 Å². The Morgan fingerprint density at radius 1 is 1.62 bits per heavy atom. The minimum absolute atomic E-state index is 0.377. The number of rotatable bonds is 1. The molecule has 0 saturated carbocycles. The third-order valence-electron chi connectivity index (χ3n) is 1.59. The van der Waals surface area contributed by atoms with Gasteiger partial charge >= 0.3 is 0 Å². The minimum atomic E-state index is -0.377. The number of nitrogens with one attached hydrogen (secondary N) is 1. The van der Waals surface area contributed by atoms with Crippen LogP contribution in [0.15, 0.2) is 22.7 Å². The lowest BCUT2D eigenvalue weighted by atomic mass is 10.1. The van der Waals surface area contributed by atoms with E-state index in [4.69, 9.17) is 5.26 Å². The van der Waals surface area contributed by atoms with Crippen molar-refractivity contribution in [2.24, 2.45) is 0 Å². The van der Waals surface area contributed by atoms with Gasteiger partial charge in [-0.3, -0.25) is 10.1 Å². The fourth-order valence-corrected chi connectivity index (χ4v) is 1.16. The van der Waals surface area contributed by atoms with Crippen LogP contribution < -0.4 is 5.32 Å². The van der Waals surface area contributed by atoms with Crippen molar-refractivity contribution in [1.82, 2.24) is 5.32 Å². The van der Waals surface area contributed by atoms with E-state index in [1.165, 1.54) is 0 Å². The minimum Gasteiger partial charge on any atom is -0.268 e. The van der Waals surface area contributed by atoms with Crippen molar-refractivity contribution < 1.29 is 4.79 Å². The Bertz CT molecular complexity index is 382. The molecule has 1 rings (SSSR count). The number of benzene rings is 1. The second kappa shape index (κ2) is 4.06. The summed E-state index contributed by atoms with van der Waals surface area (Å²) in [6.07, 6.45) is 1.59. The second-order valence-corrected chi connectivity index (χ2v) is 3.38. The predicted octanol–water partition coefficient (Wildman–Crippen LogP) is 1.97. The first-order valence-electron chi connectivity index (χ1n) is 3.60. The highest BCUT2D eigenvalue weighted by Gasteiger charge is 2.05. The van der Waals surface area contributed by atoms with E-state index in [0.29, 0.717) is 5.56 Å². The van der Waals surface area contributed by atoms with Gasteiger partial charge in [0, 0.05) is 10.0 Å². The van der Waals surface area contributed by atoms with E-state index >= 15 is 0 Å². The van der Waals surface area contributed by atoms with Crippen molar-refractivity contribution in [3.63, 3.8) is 0 Å². The molecule has 0 fully saturated rings. The van der Waals surface area contributed by atoms with Crippen LogP contribution in [0.2, 0.25) is 0 Å². The molecule has 0 heterocycles. The summed E-state index contributed by atoms with van der Waals surface area (Å²) in [6.45, 7) is 1.88. The van der Waals surface area contributed by atoms with Gasteiger partial charge in [0.25, 0.3) is 5.91 Å². The molecule has 0 unspecified atom stereocenters. The Kier molecular flexibility index (Phi) is 3.04. The maximum Gasteiger partial charge on any atom is 0.264 e. The summed E-state index contributed by atoms with van der Waals surface area (Å²) < 4.78 is 0.945. The van der Waals surface area contributed by atoms with Crippen LogP contribution in [-0.4, -0.2) is 5.91 Å². The molecule has 66 valence electrons. The van der Waals surface area contributed by atoms with E-state index in [1.807, 2.05) is 6.92 Å². The Labute approximate surface area is 84.5 Å². The quantitative estimate of drug-likeness (QED) is 0.601. The summed E-state index contributed by atoms with van der Waals surface area (Å²) in [6, 6.07) is 5.15. The average molecular weight is 239 g/mol. The van der Waals surface area contributed by atoms with Crippen LogP contribution in [0.5, 0.6) is 0 Å². The highest BCUT2D eigenvalue weighted by molar-refractivity contribution is 9.10. The number of amides is 1. The second-order valence-electron chi connectivity index (χ2n) is 2.53. The molecule has 1 aromatic rings. The number of hydrogen-bond acceptors (Lipinski definition) is 2. The number of carbonyl (C=O) groups excluding carboxylic acids is 1. The summed E-state index contributed by atoms with van der Waals surface area (Å²) in [4.78, 5) is 11.2. The van der Waals surface area contributed by atoms with Crippen molar-refractivity contribution in [3.05, 3.63) is 33.8 Å². The monoisotopic (exact) mass is 238 g/mol. The smallest absolute Gasteiger partial charge is 0.264 e. The molecule has 0 aromatic heterocycles. The maximum atomic E-state index is 11.2. The van der Waals surface area contributed by atoms with Gasteiger partial charge < -0.3 is 0 Å². The van der Waals surface area contributed by atoms with Gasteiger partial charge in [0.15, 0.2) is 6.19 Å². The first kappa shape index (κ1) is 9.75.